The van der Waals surface area contributed by atoms with Crippen LogP contribution in [0.2, 0.25) is 0 Å². The summed E-state index contributed by atoms with van der Waals surface area (Å²) in [7, 11) is 3.28. The monoisotopic (exact) mass is 250 g/mol. The Morgan fingerprint density at radius 1 is 1.18 bits per heavy atom. The molecule has 0 fully saturated rings. The Bertz CT molecular complexity index is 449. The topological polar surface area (TPSA) is 43.4 Å². The second kappa shape index (κ2) is 5.54. The molecule has 1 aromatic carbocycles. The third kappa shape index (κ3) is 3.10. The van der Waals surface area contributed by atoms with Crippen molar-refractivity contribution >= 4 is 17.0 Å². The van der Waals surface area contributed by atoms with Crippen molar-refractivity contribution in [2.75, 3.05) is 19.5 Å². The lowest BCUT2D eigenvalue weighted by molar-refractivity contribution is 0.394. The number of nitrogens with one attached hydrogen (secondary N) is 1. The fourth-order valence-corrected chi connectivity index (χ4v) is 1.96. The molecule has 0 unspecified atom stereocenters. The number of nitrogens with zero attached hydrogens (tertiary/aromatic N) is 1. The van der Waals surface area contributed by atoms with E-state index in [0.29, 0.717) is 0 Å². The first-order chi connectivity index (χ1) is 8.31. The van der Waals surface area contributed by atoms with Crippen molar-refractivity contribution in [2.45, 2.75) is 6.54 Å². The van der Waals surface area contributed by atoms with Crippen LogP contribution in [0.4, 0.5) is 5.69 Å². The molecule has 0 aliphatic rings. The molecular weight excluding hydrogens is 236 g/mol. The number of aromatic nitrogens is 1. The molecule has 0 amide bonds. The number of hydrogen-bond donors (Lipinski definition) is 1. The number of benzene rings is 1. The Morgan fingerprint density at radius 2 is 1.88 bits per heavy atom. The zero-order valence-corrected chi connectivity index (χ0v) is 10.6. The average molecular weight is 250 g/mol. The molecule has 1 aromatic heterocycles. The van der Waals surface area contributed by atoms with Crippen LogP contribution in [0.1, 0.15) is 4.88 Å². The molecule has 0 aliphatic carbocycles. The van der Waals surface area contributed by atoms with E-state index in [1.165, 1.54) is 4.88 Å². The summed E-state index contributed by atoms with van der Waals surface area (Å²) < 4.78 is 10.4. The standard InChI is InChI=1S/C12H14N2O2S/c1-15-10-3-9(4-11(5-10)16-2)14-7-12-6-13-8-17-12/h3-6,8,14H,7H2,1-2H3. The van der Waals surface area contributed by atoms with E-state index in [9.17, 15) is 0 Å². The average Bonchev–Trinajstić information content (AvgIpc) is 2.89. The van der Waals surface area contributed by atoms with E-state index in [1.807, 2.05) is 29.9 Å². The van der Waals surface area contributed by atoms with Crippen LogP contribution in [-0.4, -0.2) is 19.2 Å². The molecule has 0 saturated heterocycles. The quantitative estimate of drug-likeness (QED) is 0.886. The summed E-state index contributed by atoms with van der Waals surface area (Å²) in [5, 5.41) is 3.31. The minimum Gasteiger partial charge on any atom is -0.497 e. The molecule has 0 atom stereocenters. The number of hydrogen-bond acceptors (Lipinski definition) is 5. The van der Waals surface area contributed by atoms with Crippen LogP contribution in [0.3, 0.4) is 0 Å². The summed E-state index contributed by atoms with van der Waals surface area (Å²) in [6.07, 6.45) is 1.86. The largest absolute Gasteiger partial charge is 0.497 e. The van der Waals surface area contributed by atoms with Gasteiger partial charge in [0.25, 0.3) is 0 Å². The highest BCUT2D eigenvalue weighted by atomic mass is 32.1. The van der Waals surface area contributed by atoms with Crippen LogP contribution in [-0.2, 0) is 6.54 Å². The van der Waals surface area contributed by atoms with E-state index in [0.717, 1.165) is 23.7 Å². The lowest BCUT2D eigenvalue weighted by Crippen LogP contribution is -1.98. The van der Waals surface area contributed by atoms with Gasteiger partial charge in [-0.25, -0.2) is 0 Å². The van der Waals surface area contributed by atoms with Crippen LogP contribution in [0.15, 0.2) is 29.9 Å². The Morgan fingerprint density at radius 3 is 2.41 bits per heavy atom. The summed E-state index contributed by atoms with van der Waals surface area (Å²) in [5.41, 5.74) is 2.79. The summed E-state index contributed by atoms with van der Waals surface area (Å²) in [6.45, 7) is 0.751. The van der Waals surface area contributed by atoms with Gasteiger partial charge in [-0.3, -0.25) is 4.98 Å². The molecular formula is C12H14N2O2S. The van der Waals surface area contributed by atoms with Gasteiger partial charge in [0.2, 0.25) is 0 Å². The molecule has 90 valence electrons. The predicted molar refractivity (Wildman–Crippen MR) is 69.0 cm³/mol. The van der Waals surface area contributed by atoms with Crippen molar-refractivity contribution in [3.63, 3.8) is 0 Å². The van der Waals surface area contributed by atoms with E-state index < -0.39 is 0 Å². The fourth-order valence-electron chi connectivity index (χ4n) is 1.43. The Labute approximate surface area is 104 Å². The lowest BCUT2D eigenvalue weighted by Gasteiger charge is -2.09. The predicted octanol–water partition coefficient (Wildman–Crippen LogP) is 2.77. The smallest absolute Gasteiger partial charge is 0.124 e. The highest BCUT2D eigenvalue weighted by Gasteiger charge is 2.02. The molecule has 0 bridgehead atoms. The first-order valence-electron chi connectivity index (χ1n) is 5.16. The molecule has 1 N–H and O–H groups in total. The zero-order valence-electron chi connectivity index (χ0n) is 9.77. The minimum atomic E-state index is 0.751. The second-order valence-electron chi connectivity index (χ2n) is 3.42. The highest BCUT2D eigenvalue weighted by molar-refractivity contribution is 7.09. The van der Waals surface area contributed by atoms with Crippen LogP contribution in [0.25, 0.3) is 0 Å². The van der Waals surface area contributed by atoms with Gasteiger partial charge < -0.3 is 14.8 Å². The van der Waals surface area contributed by atoms with Gasteiger partial charge in [-0.2, -0.15) is 0 Å². The molecule has 0 radical (unpaired) electrons. The van der Waals surface area contributed by atoms with Crippen LogP contribution in [0, 0.1) is 0 Å². The van der Waals surface area contributed by atoms with Gasteiger partial charge in [0.15, 0.2) is 0 Å². The molecule has 0 spiro atoms. The van der Waals surface area contributed by atoms with E-state index in [-0.39, 0.29) is 0 Å². The first-order valence-corrected chi connectivity index (χ1v) is 6.04. The first kappa shape index (κ1) is 11.7. The van der Waals surface area contributed by atoms with Gasteiger partial charge in [0, 0.05) is 35.0 Å². The maximum atomic E-state index is 5.20. The van der Waals surface area contributed by atoms with Gasteiger partial charge in [0.05, 0.1) is 26.3 Å². The van der Waals surface area contributed by atoms with E-state index in [4.69, 9.17) is 9.47 Å². The van der Waals surface area contributed by atoms with E-state index in [2.05, 4.69) is 10.3 Å². The SMILES string of the molecule is COc1cc(NCc2cncs2)cc(OC)c1. The zero-order chi connectivity index (χ0) is 12.1. The Hall–Kier alpha value is -1.75. The van der Waals surface area contributed by atoms with Gasteiger partial charge in [-0.15, -0.1) is 11.3 Å². The summed E-state index contributed by atoms with van der Waals surface area (Å²) in [4.78, 5) is 5.22. The third-order valence-electron chi connectivity index (χ3n) is 2.30. The van der Waals surface area contributed by atoms with Gasteiger partial charge in [-0.1, -0.05) is 0 Å². The van der Waals surface area contributed by atoms with Crippen molar-refractivity contribution in [1.29, 1.82) is 0 Å². The van der Waals surface area contributed by atoms with Gasteiger partial charge in [-0.05, 0) is 0 Å². The molecule has 4 nitrogen and oxygen atoms in total. The van der Waals surface area contributed by atoms with Crippen molar-refractivity contribution < 1.29 is 9.47 Å². The lowest BCUT2D eigenvalue weighted by atomic mass is 10.2. The van der Waals surface area contributed by atoms with Gasteiger partial charge in [0.1, 0.15) is 11.5 Å². The van der Waals surface area contributed by atoms with Crippen LogP contribution < -0.4 is 14.8 Å². The van der Waals surface area contributed by atoms with Crippen LogP contribution >= 0.6 is 11.3 Å². The fraction of sp³-hybridized carbons (Fsp3) is 0.250. The molecule has 2 aromatic rings. The Kier molecular flexibility index (Phi) is 3.82. The summed E-state index contributed by atoms with van der Waals surface area (Å²) in [6, 6.07) is 5.71. The maximum absolute atomic E-state index is 5.20. The second-order valence-corrected chi connectivity index (χ2v) is 4.39. The highest BCUT2D eigenvalue weighted by Crippen LogP contribution is 2.26. The molecule has 0 aliphatic heterocycles. The normalized spacial score (nSPS) is 10.0. The third-order valence-corrected chi connectivity index (χ3v) is 3.08. The van der Waals surface area contributed by atoms with Crippen molar-refractivity contribution in [1.82, 2.24) is 4.98 Å². The number of methoxy groups -OCH3 is 2. The summed E-state index contributed by atoms with van der Waals surface area (Å²) in [5.74, 6) is 1.55. The summed E-state index contributed by atoms with van der Waals surface area (Å²) >= 11 is 1.63. The van der Waals surface area contributed by atoms with Crippen molar-refractivity contribution in [2.24, 2.45) is 0 Å². The number of rotatable bonds is 5. The molecule has 2 rings (SSSR count). The van der Waals surface area contributed by atoms with Crippen molar-refractivity contribution in [3.05, 3.63) is 34.8 Å². The molecule has 17 heavy (non-hydrogen) atoms. The molecule has 5 heteroatoms. The minimum absolute atomic E-state index is 0.751. The van der Waals surface area contributed by atoms with Crippen LogP contribution in [0.5, 0.6) is 11.5 Å². The number of ether oxygens (including phenoxy) is 2. The van der Waals surface area contributed by atoms with E-state index >= 15 is 0 Å². The van der Waals surface area contributed by atoms with Gasteiger partial charge >= 0.3 is 0 Å². The van der Waals surface area contributed by atoms with Crippen molar-refractivity contribution in [3.8, 4) is 11.5 Å². The van der Waals surface area contributed by atoms with E-state index in [1.54, 1.807) is 25.6 Å². The molecule has 1 heterocycles. The maximum Gasteiger partial charge on any atom is 0.124 e. The number of anilines is 1. The molecule has 0 saturated carbocycles. The number of thiazole rings is 1. The Balaban J connectivity index is 2.09.